The summed E-state index contributed by atoms with van der Waals surface area (Å²) in [6, 6.07) is 8.83. The Morgan fingerprint density at radius 1 is 1.33 bits per heavy atom. The van der Waals surface area contributed by atoms with E-state index in [0.29, 0.717) is 6.04 Å². The first-order chi connectivity index (χ1) is 8.65. The zero-order valence-corrected chi connectivity index (χ0v) is 11.0. The fraction of sp³-hybridized carbons (Fsp3) is 0.400. The van der Waals surface area contributed by atoms with Gasteiger partial charge in [0.05, 0.1) is 5.52 Å². The maximum Gasteiger partial charge on any atom is 0.0728 e. The molecule has 2 heterocycles. The maximum atomic E-state index is 6.01. The molecule has 1 atom stereocenters. The first kappa shape index (κ1) is 11.5. The van der Waals surface area contributed by atoms with Crippen molar-refractivity contribution < 1.29 is 0 Å². The summed E-state index contributed by atoms with van der Waals surface area (Å²) in [5, 5.41) is 1.28. The molecule has 0 radical (unpaired) electrons. The second-order valence-corrected chi connectivity index (χ2v) is 5.25. The third kappa shape index (κ3) is 1.85. The van der Waals surface area contributed by atoms with Gasteiger partial charge in [-0.3, -0.25) is 4.98 Å². The van der Waals surface area contributed by atoms with Crippen LogP contribution in [-0.4, -0.2) is 24.1 Å². The summed E-state index contributed by atoms with van der Waals surface area (Å²) in [6.07, 6.45) is 1.08. The third-order valence-electron chi connectivity index (χ3n) is 3.70. The Bertz CT molecular complexity index is 592. The number of hydrogen-bond acceptors (Lipinski definition) is 3. The molecule has 2 N–H and O–H groups in total. The lowest BCUT2D eigenvalue weighted by atomic mass is 10.1. The Hall–Kier alpha value is -1.61. The molecule has 0 amide bonds. The molecule has 0 bridgehead atoms. The molecule has 3 rings (SSSR count). The number of aryl methyl sites for hydroxylation is 2. The van der Waals surface area contributed by atoms with Crippen LogP contribution in [-0.2, 0) is 0 Å². The predicted octanol–water partition coefficient (Wildman–Crippen LogP) is 2.39. The number of nitrogens with zero attached hydrogens (tertiary/aromatic N) is 2. The number of nitrogens with two attached hydrogens (primary N) is 1. The van der Waals surface area contributed by atoms with E-state index < -0.39 is 0 Å². The van der Waals surface area contributed by atoms with Gasteiger partial charge in [0.25, 0.3) is 0 Å². The largest absolute Gasteiger partial charge is 0.369 e. The van der Waals surface area contributed by atoms with E-state index >= 15 is 0 Å². The minimum atomic E-state index is 0.305. The lowest BCUT2D eigenvalue weighted by Gasteiger charge is -2.21. The Kier molecular flexibility index (Phi) is 2.71. The van der Waals surface area contributed by atoms with Crippen molar-refractivity contribution in [2.24, 2.45) is 5.73 Å². The smallest absolute Gasteiger partial charge is 0.0728 e. The van der Waals surface area contributed by atoms with Crippen LogP contribution in [0.1, 0.15) is 17.7 Å². The number of aromatic nitrogens is 1. The van der Waals surface area contributed by atoms with Crippen LogP contribution in [0.15, 0.2) is 24.3 Å². The molecule has 1 unspecified atom stereocenters. The number of fused-ring (bicyclic) bond motifs is 1. The Balaban J connectivity index is 2.17. The topological polar surface area (TPSA) is 42.1 Å². The van der Waals surface area contributed by atoms with E-state index in [1.807, 2.05) is 6.92 Å². The highest BCUT2D eigenvalue weighted by Crippen LogP contribution is 2.31. The van der Waals surface area contributed by atoms with E-state index in [4.69, 9.17) is 5.73 Å². The van der Waals surface area contributed by atoms with Crippen molar-refractivity contribution in [3.8, 4) is 0 Å². The molecule has 94 valence electrons. The van der Waals surface area contributed by atoms with Gasteiger partial charge in [0.2, 0.25) is 0 Å². The number of anilines is 1. The summed E-state index contributed by atoms with van der Waals surface area (Å²) in [5.74, 6) is 0. The predicted molar refractivity (Wildman–Crippen MR) is 76.0 cm³/mol. The van der Waals surface area contributed by atoms with Crippen molar-refractivity contribution in [2.75, 3.05) is 18.0 Å². The van der Waals surface area contributed by atoms with Crippen LogP contribution in [0.25, 0.3) is 10.9 Å². The maximum absolute atomic E-state index is 6.01. The highest BCUT2D eigenvalue weighted by atomic mass is 15.2. The van der Waals surface area contributed by atoms with E-state index in [-0.39, 0.29) is 0 Å². The van der Waals surface area contributed by atoms with Crippen LogP contribution in [0.5, 0.6) is 0 Å². The van der Waals surface area contributed by atoms with Gasteiger partial charge in [0.15, 0.2) is 0 Å². The lowest BCUT2D eigenvalue weighted by molar-refractivity contribution is 0.752. The van der Waals surface area contributed by atoms with Crippen LogP contribution >= 0.6 is 0 Å². The highest BCUT2D eigenvalue weighted by Gasteiger charge is 2.21. The average molecular weight is 241 g/mol. The number of pyridine rings is 1. The van der Waals surface area contributed by atoms with Gasteiger partial charge in [-0.2, -0.15) is 0 Å². The first-order valence-corrected chi connectivity index (χ1v) is 6.52. The summed E-state index contributed by atoms with van der Waals surface area (Å²) in [7, 11) is 0. The number of benzene rings is 1. The first-order valence-electron chi connectivity index (χ1n) is 6.52. The van der Waals surface area contributed by atoms with Crippen LogP contribution in [0.4, 0.5) is 5.69 Å². The monoisotopic (exact) mass is 241 g/mol. The summed E-state index contributed by atoms with van der Waals surface area (Å²) in [4.78, 5) is 7.02. The van der Waals surface area contributed by atoms with Gasteiger partial charge in [-0.1, -0.05) is 6.07 Å². The molecule has 0 aliphatic carbocycles. The Labute approximate surface area is 108 Å². The molecule has 2 aromatic rings. The summed E-state index contributed by atoms with van der Waals surface area (Å²) < 4.78 is 0. The van der Waals surface area contributed by atoms with Crippen molar-refractivity contribution in [2.45, 2.75) is 26.3 Å². The van der Waals surface area contributed by atoms with Crippen LogP contribution < -0.4 is 10.6 Å². The molecule has 18 heavy (non-hydrogen) atoms. The normalized spacial score (nSPS) is 19.7. The van der Waals surface area contributed by atoms with Gasteiger partial charge in [-0.05, 0) is 44.0 Å². The molecule has 0 spiro atoms. The zero-order valence-electron chi connectivity index (χ0n) is 11.0. The van der Waals surface area contributed by atoms with E-state index in [0.717, 1.165) is 30.7 Å². The Morgan fingerprint density at radius 2 is 2.17 bits per heavy atom. The van der Waals surface area contributed by atoms with Crippen LogP contribution in [0.3, 0.4) is 0 Å². The van der Waals surface area contributed by atoms with Gasteiger partial charge in [-0.15, -0.1) is 0 Å². The van der Waals surface area contributed by atoms with E-state index in [1.54, 1.807) is 0 Å². The fourth-order valence-corrected chi connectivity index (χ4v) is 2.90. The molecule has 1 fully saturated rings. The highest BCUT2D eigenvalue weighted by molar-refractivity contribution is 5.94. The van der Waals surface area contributed by atoms with Crippen molar-refractivity contribution in [1.29, 1.82) is 0 Å². The van der Waals surface area contributed by atoms with E-state index in [2.05, 4.69) is 41.1 Å². The second-order valence-electron chi connectivity index (χ2n) is 5.25. The van der Waals surface area contributed by atoms with Crippen molar-refractivity contribution in [3.63, 3.8) is 0 Å². The number of hydrogen-bond donors (Lipinski definition) is 1. The van der Waals surface area contributed by atoms with Gasteiger partial charge in [-0.25, -0.2) is 0 Å². The van der Waals surface area contributed by atoms with Gasteiger partial charge in [0.1, 0.15) is 0 Å². The minimum absolute atomic E-state index is 0.305. The van der Waals surface area contributed by atoms with Gasteiger partial charge in [0, 0.05) is 35.9 Å². The molecule has 1 aromatic heterocycles. The van der Waals surface area contributed by atoms with Crippen LogP contribution in [0.2, 0.25) is 0 Å². The van der Waals surface area contributed by atoms with Gasteiger partial charge >= 0.3 is 0 Å². The van der Waals surface area contributed by atoms with Crippen molar-refractivity contribution in [3.05, 3.63) is 35.5 Å². The Morgan fingerprint density at radius 3 is 2.89 bits per heavy atom. The zero-order chi connectivity index (χ0) is 12.7. The van der Waals surface area contributed by atoms with Crippen molar-refractivity contribution >= 4 is 16.6 Å². The standard InChI is InChI=1S/C15H19N3/c1-10-8-11(2)17-13-4-3-5-14(15(10)13)18-7-6-12(16)9-18/h3-5,8,12H,6-7,9,16H2,1-2H3. The van der Waals surface area contributed by atoms with Crippen LogP contribution in [0, 0.1) is 13.8 Å². The molecule has 3 nitrogen and oxygen atoms in total. The summed E-state index contributed by atoms with van der Waals surface area (Å²) in [5.41, 5.74) is 10.8. The molecular formula is C15H19N3. The molecule has 0 saturated carbocycles. The summed E-state index contributed by atoms with van der Waals surface area (Å²) >= 11 is 0. The molecular weight excluding hydrogens is 222 g/mol. The van der Waals surface area contributed by atoms with E-state index in [9.17, 15) is 0 Å². The molecule has 1 aliphatic rings. The SMILES string of the molecule is Cc1cc(C)c2c(N3CCC(N)C3)cccc2n1. The average Bonchev–Trinajstić information content (AvgIpc) is 2.74. The summed E-state index contributed by atoms with van der Waals surface area (Å²) in [6.45, 7) is 6.21. The lowest BCUT2D eigenvalue weighted by Crippen LogP contribution is -2.26. The molecule has 1 aromatic carbocycles. The molecule has 1 aliphatic heterocycles. The van der Waals surface area contributed by atoms with Crippen molar-refractivity contribution in [1.82, 2.24) is 4.98 Å². The molecule has 3 heteroatoms. The minimum Gasteiger partial charge on any atom is -0.369 e. The second kappa shape index (κ2) is 4.25. The number of rotatable bonds is 1. The van der Waals surface area contributed by atoms with Gasteiger partial charge < -0.3 is 10.6 Å². The fourth-order valence-electron chi connectivity index (χ4n) is 2.90. The molecule has 1 saturated heterocycles. The third-order valence-corrected chi connectivity index (χ3v) is 3.70. The van der Waals surface area contributed by atoms with E-state index in [1.165, 1.54) is 16.6 Å². The quantitative estimate of drug-likeness (QED) is 0.833.